The highest BCUT2D eigenvalue weighted by Crippen LogP contribution is 2.25. The Morgan fingerprint density at radius 2 is 2.15 bits per heavy atom. The lowest BCUT2D eigenvalue weighted by atomic mass is 9.89. The summed E-state index contributed by atoms with van der Waals surface area (Å²) in [4.78, 5) is 12.2. The molecule has 0 aromatic rings. The van der Waals surface area contributed by atoms with E-state index in [0.717, 1.165) is 12.8 Å². The fraction of sp³-hybridized carbons (Fsp3) is 0.889. The molecule has 1 aliphatic heterocycles. The first-order chi connectivity index (χ1) is 6.06. The van der Waals surface area contributed by atoms with Crippen molar-refractivity contribution in [1.82, 2.24) is 4.90 Å². The van der Waals surface area contributed by atoms with Gasteiger partial charge in [-0.2, -0.15) is 0 Å². The molecule has 1 rings (SSSR count). The van der Waals surface area contributed by atoms with Gasteiger partial charge in [0.05, 0.1) is 12.0 Å². The maximum absolute atomic E-state index is 10.2. The normalized spacial score (nSPS) is 21.1. The third-order valence-corrected chi connectivity index (χ3v) is 2.39. The summed E-state index contributed by atoms with van der Waals surface area (Å²) in [5, 5.41) is 18.2. The van der Waals surface area contributed by atoms with Crippen LogP contribution in [0.3, 0.4) is 0 Å². The molecule has 0 unspecified atom stereocenters. The van der Waals surface area contributed by atoms with E-state index in [0.29, 0.717) is 19.6 Å². The van der Waals surface area contributed by atoms with Crippen LogP contribution in [0.1, 0.15) is 26.2 Å². The third-order valence-electron chi connectivity index (χ3n) is 2.39. The molecule has 0 aromatic heterocycles. The number of likely N-dealkylation sites (tertiary alicyclic amines) is 1. The van der Waals surface area contributed by atoms with Crippen molar-refractivity contribution < 1.29 is 15.0 Å². The lowest BCUT2D eigenvalue weighted by Crippen LogP contribution is -2.61. The molecule has 0 spiro atoms. The minimum Gasteiger partial charge on any atom is -0.481 e. The summed E-state index contributed by atoms with van der Waals surface area (Å²) in [6.45, 7) is 3.86. The SMILES string of the molecule is CCCC1(O)CN(CCC(=O)O)C1. The summed E-state index contributed by atoms with van der Waals surface area (Å²) >= 11 is 0. The zero-order valence-electron chi connectivity index (χ0n) is 7.99. The van der Waals surface area contributed by atoms with Crippen molar-refractivity contribution in [2.75, 3.05) is 19.6 Å². The fourth-order valence-electron chi connectivity index (χ4n) is 1.82. The Hall–Kier alpha value is -0.610. The topological polar surface area (TPSA) is 60.8 Å². The Balaban J connectivity index is 2.13. The first-order valence-corrected chi connectivity index (χ1v) is 4.72. The predicted octanol–water partition coefficient (Wildman–Crippen LogP) is 0.308. The smallest absolute Gasteiger partial charge is 0.304 e. The number of hydrogen-bond donors (Lipinski definition) is 2. The van der Waals surface area contributed by atoms with Crippen LogP contribution in [0.2, 0.25) is 0 Å². The van der Waals surface area contributed by atoms with E-state index >= 15 is 0 Å². The summed E-state index contributed by atoms with van der Waals surface area (Å²) in [6, 6.07) is 0. The second-order valence-electron chi connectivity index (χ2n) is 3.83. The summed E-state index contributed by atoms with van der Waals surface area (Å²) in [7, 11) is 0. The van der Waals surface area contributed by atoms with Crippen molar-refractivity contribution >= 4 is 5.97 Å². The van der Waals surface area contributed by atoms with Crippen LogP contribution in [0, 0.1) is 0 Å². The van der Waals surface area contributed by atoms with Gasteiger partial charge < -0.3 is 10.2 Å². The van der Waals surface area contributed by atoms with Gasteiger partial charge in [0.2, 0.25) is 0 Å². The maximum Gasteiger partial charge on any atom is 0.304 e. The van der Waals surface area contributed by atoms with E-state index in [2.05, 4.69) is 0 Å². The Morgan fingerprint density at radius 3 is 2.62 bits per heavy atom. The number of aliphatic carboxylic acids is 1. The number of hydrogen-bond acceptors (Lipinski definition) is 3. The van der Waals surface area contributed by atoms with Crippen LogP contribution < -0.4 is 0 Å². The molecule has 1 saturated heterocycles. The zero-order valence-corrected chi connectivity index (χ0v) is 7.99. The fourth-order valence-corrected chi connectivity index (χ4v) is 1.82. The van der Waals surface area contributed by atoms with E-state index in [4.69, 9.17) is 5.11 Å². The van der Waals surface area contributed by atoms with Crippen molar-refractivity contribution in [3.8, 4) is 0 Å². The van der Waals surface area contributed by atoms with Crippen LogP contribution in [-0.4, -0.2) is 46.3 Å². The van der Waals surface area contributed by atoms with Gasteiger partial charge in [0, 0.05) is 19.6 Å². The number of rotatable bonds is 5. The van der Waals surface area contributed by atoms with Crippen LogP contribution in [0.15, 0.2) is 0 Å². The maximum atomic E-state index is 10.2. The molecular formula is C9H17NO3. The van der Waals surface area contributed by atoms with Crippen LogP contribution in [0.25, 0.3) is 0 Å². The highest BCUT2D eigenvalue weighted by molar-refractivity contribution is 5.66. The third kappa shape index (κ3) is 2.97. The van der Waals surface area contributed by atoms with E-state index in [9.17, 15) is 9.90 Å². The van der Waals surface area contributed by atoms with Crippen molar-refractivity contribution in [2.45, 2.75) is 31.8 Å². The number of carboxylic acids is 1. The molecule has 76 valence electrons. The first-order valence-electron chi connectivity index (χ1n) is 4.72. The molecule has 0 atom stereocenters. The van der Waals surface area contributed by atoms with Crippen molar-refractivity contribution in [3.05, 3.63) is 0 Å². The van der Waals surface area contributed by atoms with Gasteiger partial charge in [-0.15, -0.1) is 0 Å². The van der Waals surface area contributed by atoms with Crippen LogP contribution >= 0.6 is 0 Å². The molecule has 13 heavy (non-hydrogen) atoms. The number of β-amino-alcohol motifs (C(OH)–C–C–N with tert-alkyl or cyclic N) is 1. The van der Waals surface area contributed by atoms with E-state index in [1.807, 2.05) is 11.8 Å². The Morgan fingerprint density at radius 1 is 1.54 bits per heavy atom. The van der Waals surface area contributed by atoms with Crippen molar-refractivity contribution in [1.29, 1.82) is 0 Å². The molecule has 4 heteroatoms. The molecule has 0 bridgehead atoms. The van der Waals surface area contributed by atoms with Gasteiger partial charge in [0.1, 0.15) is 0 Å². The van der Waals surface area contributed by atoms with Crippen molar-refractivity contribution in [3.63, 3.8) is 0 Å². The van der Waals surface area contributed by atoms with E-state index in [1.54, 1.807) is 0 Å². The second-order valence-corrected chi connectivity index (χ2v) is 3.83. The zero-order chi connectivity index (χ0) is 9.90. The summed E-state index contributed by atoms with van der Waals surface area (Å²) in [6.07, 6.45) is 1.96. The molecule has 2 N–H and O–H groups in total. The van der Waals surface area contributed by atoms with Gasteiger partial charge in [-0.3, -0.25) is 9.69 Å². The van der Waals surface area contributed by atoms with Crippen LogP contribution in [0.5, 0.6) is 0 Å². The number of nitrogens with zero attached hydrogens (tertiary/aromatic N) is 1. The van der Waals surface area contributed by atoms with Gasteiger partial charge in [0.25, 0.3) is 0 Å². The molecule has 0 aromatic carbocycles. The van der Waals surface area contributed by atoms with E-state index in [1.165, 1.54) is 0 Å². The molecule has 0 amide bonds. The molecule has 1 aliphatic rings. The number of aliphatic hydroxyl groups is 1. The monoisotopic (exact) mass is 187 g/mol. The van der Waals surface area contributed by atoms with Gasteiger partial charge in [0.15, 0.2) is 0 Å². The van der Waals surface area contributed by atoms with Crippen LogP contribution in [-0.2, 0) is 4.79 Å². The van der Waals surface area contributed by atoms with E-state index < -0.39 is 11.6 Å². The summed E-state index contributed by atoms with van der Waals surface area (Å²) < 4.78 is 0. The quantitative estimate of drug-likeness (QED) is 0.650. The predicted molar refractivity (Wildman–Crippen MR) is 48.6 cm³/mol. The average Bonchev–Trinajstić information content (AvgIpc) is 1.97. The molecule has 1 fully saturated rings. The summed E-state index contributed by atoms with van der Waals surface area (Å²) in [5.74, 6) is -0.772. The molecule has 4 nitrogen and oxygen atoms in total. The van der Waals surface area contributed by atoms with Gasteiger partial charge >= 0.3 is 5.97 Å². The standard InChI is InChI=1S/C9H17NO3/c1-2-4-9(13)6-10(7-9)5-3-8(11)12/h13H,2-7H2,1H3,(H,11,12). The minimum atomic E-state index is -0.772. The molecular weight excluding hydrogens is 170 g/mol. The van der Waals surface area contributed by atoms with Gasteiger partial charge in [-0.1, -0.05) is 13.3 Å². The highest BCUT2D eigenvalue weighted by Gasteiger charge is 2.39. The Kier molecular flexibility index (Phi) is 3.27. The lowest BCUT2D eigenvalue weighted by molar-refractivity contribution is -0.140. The van der Waals surface area contributed by atoms with Gasteiger partial charge in [-0.25, -0.2) is 0 Å². The van der Waals surface area contributed by atoms with Crippen LogP contribution in [0.4, 0.5) is 0 Å². The minimum absolute atomic E-state index is 0.169. The molecule has 0 aliphatic carbocycles. The summed E-state index contributed by atoms with van der Waals surface area (Å²) in [5.41, 5.74) is -0.534. The molecule has 0 radical (unpaired) electrons. The highest BCUT2D eigenvalue weighted by atomic mass is 16.4. The second kappa shape index (κ2) is 4.07. The average molecular weight is 187 g/mol. The largest absolute Gasteiger partial charge is 0.481 e. The van der Waals surface area contributed by atoms with E-state index in [-0.39, 0.29) is 6.42 Å². The van der Waals surface area contributed by atoms with Gasteiger partial charge in [-0.05, 0) is 6.42 Å². The Labute approximate surface area is 78.2 Å². The number of carbonyl (C=O) groups is 1. The molecule has 0 saturated carbocycles. The lowest BCUT2D eigenvalue weighted by Gasteiger charge is -2.46. The van der Waals surface area contributed by atoms with Crippen molar-refractivity contribution in [2.24, 2.45) is 0 Å². The first kappa shape index (κ1) is 10.5. The number of carboxylic acid groups (broad SMARTS) is 1. The molecule has 1 heterocycles. The Bertz CT molecular complexity index is 187.